The first-order valence-electron chi connectivity index (χ1n) is 6.82. The molecule has 1 aliphatic heterocycles. The van der Waals surface area contributed by atoms with Crippen LogP contribution in [0.4, 0.5) is 17.1 Å². The van der Waals surface area contributed by atoms with Gasteiger partial charge in [0.2, 0.25) is 5.91 Å². The van der Waals surface area contributed by atoms with Crippen LogP contribution in [0.15, 0.2) is 12.1 Å². The van der Waals surface area contributed by atoms with E-state index in [1.54, 1.807) is 4.90 Å². The van der Waals surface area contributed by atoms with Crippen molar-refractivity contribution in [1.82, 2.24) is 0 Å². The smallest absolute Gasteiger partial charge is 0.300 e. The van der Waals surface area contributed by atoms with Crippen molar-refractivity contribution >= 4 is 23.0 Å². The number of benzene rings is 1. The van der Waals surface area contributed by atoms with Gasteiger partial charge in [-0.2, -0.15) is 0 Å². The summed E-state index contributed by atoms with van der Waals surface area (Å²) >= 11 is 0. The summed E-state index contributed by atoms with van der Waals surface area (Å²) in [4.78, 5) is 34.1. The van der Waals surface area contributed by atoms with Gasteiger partial charge in [-0.25, -0.2) is 0 Å². The number of nitro groups is 2. The molecular formula is C13H16N4O5. The fraction of sp³-hybridized carbons (Fsp3) is 0.462. The third kappa shape index (κ3) is 2.97. The molecule has 1 heterocycles. The number of nitrogens with two attached hydrogens (primary N) is 1. The van der Waals surface area contributed by atoms with Gasteiger partial charge >= 0.3 is 0 Å². The number of hydrogen-bond acceptors (Lipinski definition) is 6. The third-order valence-corrected chi connectivity index (χ3v) is 3.72. The minimum atomic E-state index is -0.940. The van der Waals surface area contributed by atoms with Crippen molar-refractivity contribution in [3.63, 3.8) is 0 Å². The van der Waals surface area contributed by atoms with Crippen LogP contribution in [0, 0.1) is 26.1 Å². The van der Waals surface area contributed by atoms with Gasteiger partial charge in [-0.05, 0) is 18.8 Å². The maximum atomic E-state index is 11.3. The van der Waals surface area contributed by atoms with E-state index >= 15 is 0 Å². The van der Waals surface area contributed by atoms with Crippen LogP contribution in [0.25, 0.3) is 0 Å². The standard InChI is InChI=1S/C13H16N4O5/c1-8-3-2-4-15(7-8)12-10(16(19)20)5-9(13(14)18)6-11(12)17(21)22/h5-6,8H,2-4,7H2,1H3,(H2,14,18). The molecule has 1 amide bonds. The Kier molecular flexibility index (Phi) is 4.25. The summed E-state index contributed by atoms with van der Waals surface area (Å²) in [6.45, 7) is 2.99. The van der Waals surface area contributed by atoms with E-state index in [2.05, 4.69) is 0 Å². The zero-order valence-electron chi connectivity index (χ0n) is 12.0. The van der Waals surface area contributed by atoms with Crippen molar-refractivity contribution in [3.8, 4) is 0 Å². The topological polar surface area (TPSA) is 133 Å². The molecule has 2 N–H and O–H groups in total. The monoisotopic (exact) mass is 308 g/mol. The Labute approximate surface area is 126 Å². The molecule has 1 aromatic rings. The van der Waals surface area contributed by atoms with Crippen LogP contribution in [0.1, 0.15) is 30.1 Å². The second-order valence-electron chi connectivity index (χ2n) is 5.43. The Bertz CT molecular complexity index is 610. The lowest BCUT2D eigenvalue weighted by atomic mass is 9.98. The predicted molar refractivity (Wildman–Crippen MR) is 78.9 cm³/mol. The molecule has 0 saturated carbocycles. The number of amides is 1. The van der Waals surface area contributed by atoms with Gasteiger partial charge in [0, 0.05) is 25.2 Å². The minimum Gasteiger partial charge on any atom is -0.366 e. The van der Waals surface area contributed by atoms with E-state index in [0.717, 1.165) is 25.0 Å². The molecule has 1 atom stereocenters. The van der Waals surface area contributed by atoms with Crippen molar-refractivity contribution in [2.24, 2.45) is 11.7 Å². The highest BCUT2D eigenvalue weighted by Crippen LogP contribution is 2.40. The van der Waals surface area contributed by atoms with E-state index in [4.69, 9.17) is 5.73 Å². The molecule has 1 saturated heterocycles. The van der Waals surface area contributed by atoms with Crippen LogP contribution in [-0.2, 0) is 0 Å². The summed E-state index contributed by atoms with van der Waals surface area (Å²) in [6, 6.07) is 2.01. The van der Waals surface area contributed by atoms with Crippen molar-refractivity contribution in [3.05, 3.63) is 37.9 Å². The molecule has 1 aromatic carbocycles. The molecule has 9 heteroatoms. The molecule has 0 bridgehead atoms. The van der Waals surface area contributed by atoms with E-state index in [1.165, 1.54) is 0 Å². The van der Waals surface area contributed by atoms with Crippen LogP contribution in [-0.4, -0.2) is 28.8 Å². The molecule has 0 spiro atoms. The lowest BCUT2D eigenvalue weighted by Gasteiger charge is -2.32. The number of piperidine rings is 1. The second kappa shape index (κ2) is 5.96. The summed E-state index contributed by atoms with van der Waals surface area (Å²) < 4.78 is 0. The maximum absolute atomic E-state index is 11.3. The van der Waals surface area contributed by atoms with Gasteiger partial charge in [0.1, 0.15) is 0 Å². The van der Waals surface area contributed by atoms with Crippen molar-refractivity contribution < 1.29 is 14.6 Å². The van der Waals surface area contributed by atoms with Gasteiger partial charge in [-0.15, -0.1) is 0 Å². The molecule has 9 nitrogen and oxygen atoms in total. The van der Waals surface area contributed by atoms with Crippen LogP contribution in [0.3, 0.4) is 0 Å². The maximum Gasteiger partial charge on any atom is 0.300 e. The molecule has 1 fully saturated rings. The normalized spacial score (nSPS) is 18.0. The highest BCUT2D eigenvalue weighted by Gasteiger charge is 2.33. The van der Waals surface area contributed by atoms with Crippen molar-refractivity contribution in [1.29, 1.82) is 0 Å². The summed E-state index contributed by atoms with van der Waals surface area (Å²) in [6.07, 6.45) is 1.77. The SMILES string of the molecule is CC1CCCN(c2c([N+](=O)[O-])cc(C(N)=O)cc2[N+](=O)[O-])C1. The zero-order valence-corrected chi connectivity index (χ0v) is 12.0. The average molecular weight is 308 g/mol. The Morgan fingerprint density at radius 2 is 1.82 bits per heavy atom. The van der Waals surface area contributed by atoms with Crippen LogP contribution in [0.2, 0.25) is 0 Å². The Balaban J connectivity index is 2.65. The lowest BCUT2D eigenvalue weighted by molar-refractivity contribution is -0.392. The molecule has 0 radical (unpaired) electrons. The number of carbonyl (C=O) groups excluding carboxylic acids is 1. The van der Waals surface area contributed by atoms with Crippen molar-refractivity contribution in [2.45, 2.75) is 19.8 Å². The number of nitrogens with zero attached hydrogens (tertiary/aromatic N) is 3. The Morgan fingerprint density at radius 3 is 2.23 bits per heavy atom. The van der Waals surface area contributed by atoms with Crippen LogP contribution < -0.4 is 10.6 Å². The summed E-state index contributed by atoms with van der Waals surface area (Å²) in [5.74, 6) is -0.659. The first kappa shape index (κ1) is 15.7. The average Bonchev–Trinajstić information content (AvgIpc) is 2.45. The van der Waals surface area contributed by atoms with Gasteiger partial charge in [-0.1, -0.05) is 6.92 Å². The molecule has 1 aliphatic rings. The van der Waals surface area contributed by atoms with Gasteiger partial charge in [0.05, 0.1) is 15.4 Å². The van der Waals surface area contributed by atoms with E-state index < -0.39 is 27.1 Å². The van der Waals surface area contributed by atoms with E-state index in [9.17, 15) is 25.0 Å². The largest absolute Gasteiger partial charge is 0.366 e. The zero-order chi connectivity index (χ0) is 16.4. The van der Waals surface area contributed by atoms with Gasteiger partial charge in [0.25, 0.3) is 11.4 Å². The van der Waals surface area contributed by atoms with Crippen LogP contribution >= 0.6 is 0 Å². The summed E-state index contributed by atoms with van der Waals surface area (Å²) in [5, 5.41) is 22.6. The quantitative estimate of drug-likeness (QED) is 0.666. The molecular weight excluding hydrogens is 292 g/mol. The summed E-state index contributed by atoms with van der Waals surface area (Å²) in [5.41, 5.74) is 3.89. The second-order valence-corrected chi connectivity index (χ2v) is 5.43. The highest BCUT2D eigenvalue weighted by molar-refractivity contribution is 5.96. The fourth-order valence-electron chi connectivity index (χ4n) is 2.74. The Morgan fingerprint density at radius 1 is 1.27 bits per heavy atom. The predicted octanol–water partition coefficient (Wildman–Crippen LogP) is 1.84. The molecule has 0 aliphatic carbocycles. The molecule has 22 heavy (non-hydrogen) atoms. The van der Waals surface area contributed by atoms with E-state index in [0.29, 0.717) is 13.1 Å². The van der Waals surface area contributed by atoms with Gasteiger partial charge in [0.15, 0.2) is 5.69 Å². The van der Waals surface area contributed by atoms with E-state index in [-0.39, 0.29) is 17.2 Å². The third-order valence-electron chi connectivity index (χ3n) is 3.72. The van der Waals surface area contributed by atoms with Crippen LogP contribution in [0.5, 0.6) is 0 Å². The lowest BCUT2D eigenvalue weighted by Crippen LogP contribution is -2.35. The number of rotatable bonds is 4. The minimum absolute atomic E-state index is 0.0495. The van der Waals surface area contributed by atoms with Gasteiger partial charge in [-0.3, -0.25) is 25.0 Å². The van der Waals surface area contributed by atoms with Gasteiger partial charge < -0.3 is 10.6 Å². The van der Waals surface area contributed by atoms with Crippen molar-refractivity contribution in [2.75, 3.05) is 18.0 Å². The fourth-order valence-corrected chi connectivity index (χ4v) is 2.74. The first-order chi connectivity index (χ1) is 10.3. The highest BCUT2D eigenvalue weighted by atomic mass is 16.6. The number of hydrogen-bond donors (Lipinski definition) is 1. The number of carbonyl (C=O) groups is 1. The Hall–Kier alpha value is -2.71. The number of primary amides is 1. The number of anilines is 1. The van der Waals surface area contributed by atoms with E-state index in [1.807, 2.05) is 6.92 Å². The first-order valence-corrected chi connectivity index (χ1v) is 6.82. The summed E-state index contributed by atoms with van der Waals surface area (Å²) in [7, 11) is 0. The number of nitro benzene ring substituents is 2. The molecule has 0 aromatic heterocycles. The molecule has 2 rings (SSSR count). The molecule has 1 unspecified atom stereocenters. The molecule has 118 valence electrons.